The van der Waals surface area contributed by atoms with Crippen molar-refractivity contribution >= 4 is 36.0 Å². The van der Waals surface area contributed by atoms with E-state index in [4.69, 9.17) is 39.4 Å². The highest BCUT2D eigenvalue weighted by Crippen LogP contribution is 2.24. The summed E-state index contributed by atoms with van der Waals surface area (Å²) in [5.41, 5.74) is -0.328. The van der Waals surface area contributed by atoms with Crippen molar-refractivity contribution in [3.05, 3.63) is 66.8 Å². The molecule has 1 aromatic rings. The van der Waals surface area contributed by atoms with Crippen LogP contribution in [0, 0.1) is 10.8 Å². The van der Waals surface area contributed by atoms with Crippen LogP contribution in [0.25, 0.3) is 6.08 Å². The Kier molecular flexibility index (Phi) is 29.2. The van der Waals surface area contributed by atoms with Gasteiger partial charge in [0.05, 0.1) is 59.4 Å². The molecule has 17 heteroatoms. The minimum atomic E-state index is -1.25. The van der Waals surface area contributed by atoms with Gasteiger partial charge in [-0.1, -0.05) is 63.9 Å². The molecule has 0 aromatic heterocycles. The largest absolute Gasteiger partial charge is 0.465 e. The number of carbonyl (C=O) groups excluding carboxylic acids is 5. The number of aliphatic hydroxyl groups excluding tert-OH is 6. The minimum Gasteiger partial charge on any atom is -0.465 e. The molecule has 17 nitrogen and oxygen atoms in total. The summed E-state index contributed by atoms with van der Waals surface area (Å²) in [5.74, 6) is -2.26. The molecule has 7 N–H and O–H groups in total. The lowest BCUT2D eigenvalue weighted by Gasteiger charge is -2.25. The zero-order chi connectivity index (χ0) is 42.3. The summed E-state index contributed by atoms with van der Waals surface area (Å²) in [5, 5.41) is 56.7. The Hall–Kier alpha value is -4.65. The smallest absolute Gasteiger partial charge is 0.333 e. The Morgan fingerprint density at radius 2 is 1.24 bits per heavy atom. The van der Waals surface area contributed by atoms with Gasteiger partial charge in [-0.15, -0.1) is 0 Å². The number of ether oxygens (including phenoxy) is 4. The normalized spacial score (nSPS) is 10.6. The molecular weight excluding hydrogens is 724 g/mol. The maximum absolute atomic E-state index is 11.9. The molecule has 0 aliphatic heterocycles. The van der Waals surface area contributed by atoms with Crippen molar-refractivity contribution < 1.29 is 73.6 Å². The van der Waals surface area contributed by atoms with E-state index in [1.54, 1.807) is 19.9 Å². The van der Waals surface area contributed by atoms with Crippen molar-refractivity contribution in [3.63, 3.8) is 0 Å². The van der Waals surface area contributed by atoms with Gasteiger partial charge in [0.25, 0.3) is 0 Å². The van der Waals surface area contributed by atoms with Gasteiger partial charge in [-0.05, 0) is 30.9 Å². The lowest BCUT2D eigenvalue weighted by atomic mass is 9.87. The zero-order valence-corrected chi connectivity index (χ0v) is 32.2. The number of urea groups is 1. The topological polar surface area (TPSA) is 259 Å². The van der Waals surface area contributed by atoms with Crippen LogP contribution in [0.2, 0.25) is 0 Å². The average Bonchev–Trinajstić information content (AvgIpc) is 3.20. The van der Waals surface area contributed by atoms with Gasteiger partial charge in [0.1, 0.15) is 24.0 Å². The van der Waals surface area contributed by atoms with Crippen LogP contribution in [0.3, 0.4) is 0 Å². The Balaban J connectivity index is 0. The molecule has 55 heavy (non-hydrogen) atoms. The van der Waals surface area contributed by atoms with E-state index in [0.717, 1.165) is 17.2 Å². The zero-order valence-electron chi connectivity index (χ0n) is 32.2. The number of nitrogens with zero attached hydrogens (tertiary/aromatic N) is 1. The molecule has 0 atom stereocenters. The first-order valence-electron chi connectivity index (χ1n) is 17.6. The predicted octanol–water partition coefficient (Wildman–Crippen LogP) is 0.886. The third-order valence-corrected chi connectivity index (χ3v) is 7.94. The molecule has 0 heterocycles. The van der Waals surface area contributed by atoms with Crippen molar-refractivity contribution in [3.8, 4) is 0 Å². The van der Waals surface area contributed by atoms with E-state index in [0.29, 0.717) is 18.4 Å². The second-order valence-corrected chi connectivity index (χ2v) is 11.9. The van der Waals surface area contributed by atoms with E-state index < -0.39 is 67.2 Å². The molecule has 0 aliphatic carbocycles. The molecule has 0 unspecified atom stereocenters. The average molecular weight is 785 g/mol. The van der Waals surface area contributed by atoms with Gasteiger partial charge in [0, 0.05) is 31.2 Å². The van der Waals surface area contributed by atoms with Crippen molar-refractivity contribution in [2.45, 2.75) is 46.6 Å². The van der Waals surface area contributed by atoms with Gasteiger partial charge in [-0.25, -0.2) is 14.4 Å². The van der Waals surface area contributed by atoms with Crippen LogP contribution >= 0.6 is 0 Å². The highest BCUT2D eigenvalue weighted by Gasteiger charge is 2.38. The van der Waals surface area contributed by atoms with E-state index in [-0.39, 0.29) is 65.7 Å². The Morgan fingerprint density at radius 3 is 1.65 bits per heavy atom. The highest BCUT2D eigenvalue weighted by molar-refractivity contribution is 5.87. The first-order chi connectivity index (χ1) is 26.2. The van der Waals surface area contributed by atoms with E-state index in [2.05, 4.69) is 25.1 Å². The van der Waals surface area contributed by atoms with E-state index >= 15 is 0 Å². The van der Waals surface area contributed by atoms with Gasteiger partial charge in [0.15, 0.2) is 0 Å². The van der Waals surface area contributed by atoms with Gasteiger partial charge < -0.3 is 59.8 Å². The van der Waals surface area contributed by atoms with E-state index in [1.165, 1.54) is 11.8 Å². The third-order valence-electron chi connectivity index (χ3n) is 7.94. The Labute approximate surface area is 322 Å². The first-order valence-corrected chi connectivity index (χ1v) is 17.6. The molecule has 312 valence electrons. The molecule has 1 rings (SSSR count). The fourth-order valence-corrected chi connectivity index (χ4v) is 3.85. The van der Waals surface area contributed by atoms with Crippen molar-refractivity contribution in [1.29, 1.82) is 0 Å². The van der Waals surface area contributed by atoms with Crippen LogP contribution in [0.15, 0.2) is 55.7 Å². The van der Waals surface area contributed by atoms with Gasteiger partial charge in [-0.3, -0.25) is 9.59 Å². The SMILES string of the molecule is C=C(C)C(=O)OCCNC(=O)N(CCO)CCO.C=CC(=O)OCCCOC(=O)C(CC)(CO)CO.C=Cc1ccc(COC(=O)C(CC)(CO)CO)cc1. The molecule has 0 saturated carbocycles. The number of benzene rings is 1. The Morgan fingerprint density at radius 1 is 0.745 bits per heavy atom. The van der Waals surface area contributed by atoms with E-state index in [9.17, 15) is 34.2 Å². The number of rotatable bonds is 24. The second-order valence-electron chi connectivity index (χ2n) is 11.9. The quantitative estimate of drug-likeness (QED) is 0.0332. The lowest BCUT2D eigenvalue weighted by molar-refractivity contribution is -0.164. The third kappa shape index (κ3) is 20.6. The summed E-state index contributed by atoms with van der Waals surface area (Å²) in [6.07, 6.45) is 3.74. The summed E-state index contributed by atoms with van der Waals surface area (Å²) in [6, 6.07) is 7.01. The molecule has 2 amide bonds. The van der Waals surface area contributed by atoms with Crippen molar-refractivity contribution in [2.24, 2.45) is 10.8 Å². The molecule has 0 spiro atoms. The number of hydrogen-bond donors (Lipinski definition) is 7. The minimum absolute atomic E-state index is 0.0452. The van der Waals surface area contributed by atoms with Gasteiger partial charge >= 0.3 is 29.9 Å². The van der Waals surface area contributed by atoms with Crippen molar-refractivity contribution in [1.82, 2.24) is 10.2 Å². The van der Waals surface area contributed by atoms with Gasteiger partial charge in [0.2, 0.25) is 0 Å². The number of amides is 2. The summed E-state index contributed by atoms with van der Waals surface area (Å²) in [4.78, 5) is 58.1. The fraction of sp³-hybridized carbons (Fsp3) is 0.553. The molecule has 0 saturated heterocycles. The Bertz CT molecular complexity index is 1290. The number of aliphatic hydroxyl groups is 6. The standard InChI is InChI=1S/C15H20O4.C12H20O6.C11H20N2O5/c1-3-12-5-7-13(8-6-12)9-19-14(18)15(4-2,10-16)11-17;1-3-10(15)17-6-5-7-18-11(16)12(4-2,8-13)9-14;1-9(2)10(16)18-8-3-12-11(17)13(4-6-14)5-7-15/h3,5-8,16-17H,1,4,9-11H2,2H3;3,13-14H,1,4-9H2,2H3;14-15H,1,3-8H2,2H3,(H,12,17). The van der Waals surface area contributed by atoms with Crippen molar-refractivity contribution in [2.75, 3.05) is 79.1 Å². The maximum atomic E-state index is 11.9. The summed E-state index contributed by atoms with van der Waals surface area (Å²) >= 11 is 0. The lowest BCUT2D eigenvalue weighted by Crippen LogP contribution is -2.44. The van der Waals surface area contributed by atoms with Crippen LogP contribution in [0.4, 0.5) is 4.79 Å². The number of carbonyl (C=O) groups is 5. The molecule has 0 aliphatic rings. The van der Waals surface area contributed by atoms with Crippen LogP contribution in [0.5, 0.6) is 0 Å². The summed E-state index contributed by atoms with van der Waals surface area (Å²) in [7, 11) is 0. The second kappa shape index (κ2) is 30.7. The van der Waals surface area contributed by atoms with Gasteiger partial charge in [-0.2, -0.15) is 0 Å². The monoisotopic (exact) mass is 784 g/mol. The predicted molar refractivity (Wildman–Crippen MR) is 202 cm³/mol. The fourth-order valence-electron chi connectivity index (χ4n) is 3.85. The maximum Gasteiger partial charge on any atom is 0.333 e. The highest BCUT2D eigenvalue weighted by atomic mass is 16.6. The van der Waals surface area contributed by atoms with Crippen LogP contribution in [0.1, 0.15) is 51.2 Å². The molecule has 1 aromatic carbocycles. The summed E-state index contributed by atoms with van der Waals surface area (Å²) < 4.78 is 19.5. The van der Waals surface area contributed by atoms with Crippen LogP contribution < -0.4 is 5.32 Å². The molecule has 0 radical (unpaired) electrons. The number of hydrogen-bond acceptors (Lipinski definition) is 15. The first kappa shape index (κ1) is 52.5. The van der Waals surface area contributed by atoms with E-state index in [1.807, 2.05) is 24.3 Å². The van der Waals surface area contributed by atoms with Crippen LogP contribution in [-0.2, 0) is 44.7 Å². The number of nitrogens with one attached hydrogen (secondary N) is 1. The molecule has 0 fully saturated rings. The summed E-state index contributed by atoms with van der Waals surface area (Å²) in [6.45, 7) is 13.9. The van der Waals surface area contributed by atoms with Crippen LogP contribution in [-0.4, -0.2) is 145 Å². The molecular formula is C38H60N2O15. The molecule has 0 bridgehead atoms. The number of esters is 4.